The van der Waals surface area contributed by atoms with Crippen LogP contribution in [-0.2, 0) is 19.1 Å². The Bertz CT molecular complexity index is 687. The van der Waals surface area contributed by atoms with E-state index >= 15 is 0 Å². The van der Waals surface area contributed by atoms with Gasteiger partial charge in [0.25, 0.3) is 0 Å². The van der Waals surface area contributed by atoms with Gasteiger partial charge in [-0.3, -0.25) is 14.4 Å². The minimum atomic E-state index is -1.02. The van der Waals surface area contributed by atoms with Crippen LogP contribution in [0.25, 0.3) is 0 Å². The van der Waals surface area contributed by atoms with Gasteiger partial charge in [0.15, 0.2) is 0 Å². The number of ether oxygens (including phenoxy) is 1. The van der Waals surface area contributed by atoms with Gasteiger partial charge in [0.05, 0.1) is 6.42 Å². The Morgan fingerprint density at radius 3 is 2.69 bits per heavy atom. The second-order valence-electron chi connectivity index (χ2n) is 9.44. The second kappa shape index (κ2) is 8.88. The fraction of sp³-hybridized carbons (Fsp3) is 0.783. The Hall–Kier alpha value is -1.85. The summed E-state index contributed by atoms with van der Waals surface area (Å²) in [6.07, 6.45) is 13.1. The average Bonchev–Trinajstić information content (AvgIpc) is 3.19. The summed E-state index contributed by atoms with van der Waals surface area (Å²) in [4.78, 5) is 34.1. The molecule has 0 radical (unpaired) electrons. The van der Waals surface area contributed by atoms with Gasteiger partial charge in [0.2, 0.25) is 5.91 Å². The minimum Gasteiger partial charge on any atom is -0.481 e. The summed E-state index contributed by atoms with van der Waals surface area (Å²) in [5.74, 6) is 2.44. The van der Waals surface area contributed by atoms with E-state index in [0.717, 1.165) is 42.9 Å². The minimum absolute atomic E-state index is 0.0970. The van der Waals surface area contributed by atoms with Crippen molar-refractivity contribution in [1.29, 1.82) is 0 Å². The number of nitrogens with one attached hydrogen (secondary N) is 1. The largest absolute Gasteiger partial charge is 0.481 e. The fourth-order valence-electron chi connectivity index (χ4n) is 6.66. The smallest absolute Gasteiger partial charge is 0.325 e. The van der Waals surface area contributed by atoms with Gasteiger partial charge >= 0.3 is 11.9 Å². The molecule has 0 heterocycles. The van der Waals surface area contributed by atoms with Crippen molar-refractivity contribution in [1.82, 2.24) is 5.32 Å². The fourth-order valence-corrected chi connectivity index (χ4v) is 6.66. The van der Waals surface area contributed by atoms with Gasteiger partial charge in [0.1, 0.15) is 12.6 Å². The first-order chi connectivity index (χ1) is 14.0. The molecule has 0 bridgehead atoms. The van der Waals surface area contributed by atoms with E-state index < -0.39 is 17.8 Å². The Morgan fingerprint density at radius 2 is 1.86 bits per heavy atom. The Labute approximate surface area is 172 Å². The highest BCUT2D eigenvalue weighted by molar-refractivity contribution is 5.84. The lowest BCUT2D eigenvalue weighted by Gasteiger charge is -2.49. The molecule has 3 saturated carbocycles. The normalized spacial score (nSPS) is 35.5. The number of carbonyl (C=O) groups is 3. The van der Waals surface area contributed by atoms with E-state index in [-0.39, 0.29) is 25.5 Å². The van der Waals surface area contributed by atoms with Crippen LogP contribution >= 0.6 is 0 Å². The van der Waals surface area contributed by atoms with Crippen LogP contribution in [-0.4, -0.2) is 35.6 Å². The lowest BCUT2D eigenvalue weighted by Crippen LogP contribution is -2.41. The maximum atomic E-state index is 12.1. The highest BCUT2D eigenvalue weighted by Crippen LogP contribution is 2.56. The van der Waals surface area contributed by atoms with Gasteiger partial charge in [-0.2, -0.15) is 0 Å². The standard InChI is InChI=1S/C23H33NO5/c25-21(10-11-22(26)27)24-13-23(28)29-16-6-9-18-15(12-16)5-8-19-17-3-1-2-14(17)4-7-20(18)19/h5,14,16-20H,1-4,6-13H2,(H,24,25)(H,26,27)/t14?,16-,17?,18?,19?,20?/m0/s1. The number of esters is 1. The van der Waals surface area contributed by atoms with Crippen LogP contribution in [0.1, 0.15) is 70.6 Å². The molecule has 0 aliphatic heterocycles. The third-order valence-electron chi connectivity index (χ3n) is 7.89. The number of fused-ring (bicyclic) bond motifs is 5. The molecule has 2 N–H and O–H groups in total. The zero-order valence-corrected chi connectivity index (χ0v) is 17.1. The molecule has 0 saturated heterocycles. The zero-order chi connectivity index (χ0) is 20.4. The quantitative estimate of drug-likeness (QED) is 0.523. The predicted octanol–water partition coefficient (Wildman–Crippen LogP) is 3.45. The second-order valence-corrected chi connectivity index (χ2v) is 9.44. The molecular formula is C23H33NO5. The third-order valence-corrected chi connectivity index (χ3v) is 7.89. The number of carboxylic acids is 1. The van der Waals surface area contributed by atoms with Crippen LogP contribution in [0, 0.1) is 29.6 Å². The molecule has 0 aromatic heterocycles. The molecule has 4 rings (SSSR count). The Morgan fingerprint density at radius 1 is 1.00 bits per heavy atom. The number of allylic oxidation sites excluding steroid dienone is 1. The molecule has 3 fully saturated rings. The van der Waals surface area contributed by atoms with E-state index in [2.05, 4.69) is 11.4 Å². The summed E-state index contributed by atoms with van der Waals surface area (Å²) in [5.41, 5.74) is 1.50. The van der Waals surface area contributed by atoms with Gasteiger partial charge in [-0.15, -0.1) is 0 Å². The van der Waals surface area contributed by atoms with Crippen molar-refractivity contribution in [2.45, 2.75) is 76.7 Å². The van der Waals surface area contributed by atoms with Gasteiger partial charge in [-0.25, -0.2) is 0 Å². The molecular weight excluding hydrogens is 370 g/mol. The van der Waals surface area contributed by atoms with Crippen molar-refractivity contribution in [2.75, 3.05) is 6.54 Å². The predicted molar refractivity (Wildman–Crippen MR) is 107 cm³/mol. The molecule has 29 heavy (non-hydrogen) atoms. The first kappa shape index (κ1) is 20.4. The van der Waals surface area contributed by atoms with Crippen molar-refractivity contribution in [3.05, 3.63) is 11.6 Å². The van der Waals surface area contributed by atoms with E-state index in [1.807, 2.05) is 0 Å². The van der Waals surface area contributed by atoms with Gasteiger partial charge in [-0.05, 0) is 68.1 Å². The van der Waals surface area contributed by atoms with Crippen LogP contribution in [0.2, 0.25) is 0 Å². The molecule has 5 unspecified atom stereocenters. The third kappa shape index (κ3) is 4.67. The van der Waals surface area contributed by atoms with E-state index in [1.54, 1.807) is 0 Å². The maximum absolute atomic E-state index is 12.1. The van der Waals surface area contributed by atoms with E-state index in [0.29, 0.717) is 5.92 Å². The Balaban J connectivity index is 1.25. The number of amides is 1. The molecule has 1 amide bonds. The monoisotopic (exact) mass is 403 g/mol. The van der Waals surface area contributed by atoms with Crippen molar-refractivity contribution >= 4 is 17.8 Å². The van der Waals surface area contributed by atoms with Crippen LogP contribution in [0.5, 0.6) is 0 Å². The highest BCUT2D eigenvalue weighted by atomic mass is 16.5. The summed E-state index contributed by atoms with van der Waals surface area (Å²) < 4.78 is 5.61. The van der Waals surface area contributed by atoms with E-state index in [9.17, 15) is 14.4 Å². The molecule has 160 valence electrons. The zero-order valence-electron chi connectivity index (χ0n) is 17.1. The number of rotatable bonds is 6. The number of aliphatic carboxylic acids is 1. The summed E-state index contributed by atoms with van der Waals surface area (Å²) in [7, 11) is 0. The van der Waals surface area contributed by atoms with E-state index in [4.69, 9.17) is 9.84 Å². The number of carboxylic acid groups (broad SMARTS) is 1. The Kier molecular flexibility index (Phi) is 6.26. The van der Waals surface area contributed by atoms with Crippen molar-refractivity contribution in [3.8, 4) is 0 Å². The highest BCUT2D eigenvalue weighted by Gasteiger charge is 2.47. The van der Waals surface area contributed by atoms with Crippen molar-refractivity contribution < 1.29 is 24.2 Å². The first-order valence-corrected chi connectivity index (χ1v) is 11.4. The van der Waals surface area contributed by atoms with Crippen LogP contribution in [0.4, 0.5) is 0 Å². The van der Waals surface area contributed by atoms with Gasteiger partial charge < -0.3 is 15.2 Å². The molecule has 4 aliphatic rings. The summed E-state index contributed by atoms with van der Waals surface area (Å²) in [5, 5.41) is 11.0. The summed E-state index contributed by atoms with van der Waals surface area (Å²) in [6, 6.07) is 0. The van der Waals surface area contributed by atoms with Gasteiger partial charge in [0, 0.05) is 12.8 Å². The van der Waals surface area contributed by atoms with Crippen LogP contribution in [0.15, 0.2) is 11.6 Å². The number of hydrogen-bond donors (Lipinski definition) is 2. The van der Waals surface area contributed by atoms with E-state index in [1.165, 1.54) is 44.1 Å². The summed E-state index contributed by atoms with van der Waals surface area (Å²) >= 11 is 0. The SMILES string of the molecule is O=C(O)CCC(=O)NCC(=O)O[C@H]1CCC2C(=CCC3C4CCCC4CCC23)C1. The van der Waals surface area contributed by atoms with Crippen molar-refractivity contribution in [3.63, 3.8) is 0 Å². The molecule has 0 aromatic rings. The average molecular weight is 404 g/mol. The lowest BCUT2D eigenvalue weighted by molar-refractivity contribution is -0.150. The number of hydrogen-bond acceptors (Lipinski definition) is 4. The molecule has 0 spiro atoms. The van der Waals surface area contributed by atoms with Gasteiger partial charge in [-0.1, -0.05) is 24.5 Å². The van der Waals surface area contributed by atoms with Crippen LogP contribution in [0.3, 0.4) is 0 Å². The maximum Gasteiger partial charge on any atom is 0.325 e. The molecule has 6 atom stereocenters. The summed E-state index contributed by atoms with van der Waals surface area (Å²) in [6.45, 7) is -0.189. The first-order valence-electron chi connectivity index (χ1n) is 11.4. The molecule has 6 nitrogen and oxygen atoms in total. The number of carbonyl (C=O) groups excluding carboxylic acids is 2. The van der Waals surface area contributed by atoms with Crippen LogP contribution < -0.4 is 5.32 Å². The van der Waals surface area contributed by atoms with Crippen molar-refractivity contribution in [2.24, 2.45) is 29.6 Å². The topological polar surface area (TPSA) is 92.7 Å². The lowest BCUT2D eigenvalue weighted by atomic mass is 9.57. The molecule has 0 aromatic carbocycles. The molecule has 4 aliphatic carbocycles. The molecule has 6 heteroatoms.